The smallest absolute Gasteiger partial charge is 0.303 e. The first-order valence-corrected chi connectivity index (χ1v) is 7.43. The van der Waals surface area contributed by atoms with Gasteiger partial charge in [-0.1, -0.05) is 0 Å². The van der Waals surface area contributed by atoms with Crippen molar-refractivity contribution in [3.8, 4) is 0 Å². The van der Waals surface area contributed by atoms with Gasteiger partial charge in [0.15, 0.2) is 0 Å². The Kier molecular flexibility index (Phi) is 3.88. The molecule has 3 rings (SSSR count). The molecular formula is C16H15N3O5. The first kappa shape index (κ1) is 15.9. The highest BCUT2D eigenvalue weighted by molar-refractivity contribution is 6.48. The topological polar surface area (TPSA) is 120 Å². The van der Waals surface area contributed by atoms with Gasteiger partial charge in [0.2, 0.25) is 5.78 Å². The molecule has 1 amide bonds. The van der Waals surface area contributed by atoms with Gasteiger partial charge in [0.25, 0.3) is 5.91 Å². The SMILES string of the molecule is CC(=O)C1C(=O)C(=O)N(c2ccc3nc[nH]c3c2)C1CCC(=O)O. The molecule has 1 aromatic heterocycles. The number of carbonyl (C=O) groups is 4. The number of nitrogens with zero attached hydrogens (tertiary/aromatic N) is 2. The van der Waals surface area contributed by atoms with E-state index in [2.05, 4.69) is 9.97 Å². The average Bonchev–Trinajstić information content (AvgIpc) is 3.08. The molecule has 1 aromatic carbocycles. The van der Waals surface area contributed by atoms with Crippen LogP contribution >= 0.6 is 0 Å². The second kappa shape index (κ2) is 5.88. The van der Waals surface area contributed by atoms with Gasteiger partial charge in [-0.15, -0.1) is 0 Å². The highest BCUT2D eigenvalue weighted by Crippen LogP contribution is 2.33. The maximum Gasteiger partial charge on any atom is 0.303 e. The molecule has 1 saturated heterocycles. The number of Topliss-reactive ketones (excluding diaryl/α,β-unsaturated/α-hetero) is 2. The fourth-order valence-electron chi connectivity index (χ4n) is 3.13. The highest BCUT2D eigenvalue weighted by Gasteiger charge is 2.50. The summed E-state index contributed by atoms with van der Waals surface area (Å²) in [6.07, 6.45) is 1.29. The van der Waals surface area contributed by atoms with Gasteiger partial charge in [-0.2, -0.15) is 0 Å². The number of aromatic nitrogens is 2. The lowest BCUT2D eigenvalue weighted by Crippen LogP contribution is -2.37. The van der Waals surface area contributed by atoms with Crippen molar-refractivity contribution < 1.29 is 24.3 Å². The molecule has 24 heavy (non-hydrogen) atoms. The van der Waals surface area contributed by atoms with Gasteiger partial charge < -0.3 is 15.0 Å². The summed E-state index contributed by atoms with van der Waals surface area (Å²) in [5.41, 5.74) is 1.81. The Labute approximate surface area is 136 Å². The minimum absolute atomic E-state index is 0.0259. The molecule has 1 aliphatic rings. The van der Waals surface area contributed by atoms with Crippen LogP contribution in [0.4, 0.5) is 5.69 Å². The number of aliphatic carboxylic acids is 1. The number of benzene rings is 1. The predicted molar refractivity (Wildman–Crippen MR) is 83.4 cm³/mol. The van der Waals surface area contributed by atoms with E-state index >= 15 is 0 Å². The maximum absolute atomic E-state index is 12.4. The van der Waals surface area contributed by atoms with Gasteiger partial charge in [-0.25, -0.2) is 4.98 Å². The van der Waals surface area contributed by atoms with Crippen molar-refractivity contribution in [2.45, 2.75) is 25.8 Å². The van der Waals surface area contributed by atoms with Crippen LogP contribution in [-0.4, -0.2) is 44.6 Å². The fraction of sp³-hybridized carbons (Fsp3) is 0.312. The number of anilines is 1. The van der Waals surface area contributed by atoms with Crippen LogP contribution in [0.1, 0.15) is 19.8 Å². The predicted octanol–water partition coefficient (Wildman–Crippen LogP) is 0.917. The molecular weight excluding hydrogens is 314 g/mol. The van der Waals surface area contributed by atoms with Crippen molar-refractivity contribution in [3.63, 3.8) is 0 Å². The molecule has 2 aromatic rings. The summed E-state index contributed by atoms with van der Waals surface area (Å²) in [5, 5.41) is 8.91. The summed E-state index contributed by atoms with van der Waals surface area (Å²) in [5.74, 6) is -4.19. The normalized spacial score (nSPS) is 20.8. The van der Waals surface area contributed by atoms with Crippen LogP contribution in [-0.2, 0) is 19.2 Å². The zero-order chi connectivity index (χ0) is 17.4. The summed E-state index contributed by atoms with van der Waals surface area (Å²) in [6.45, 7) is 1.24. The number of carbonyl (C=O) groups excluding carboxylic acids is 3. The molecule has 2 heterocycles. The largest absolute Gasteiger partial charge is 0.481 e. The Balaban J connectivity index is 2.03. The lowest BCUT2D eigenvalue weighted by Gasteiger charge is -2.26. The van der Waals surface area contributed by atoms with Crippen LogP contribution in [0.3, 0.4) is 0 Å². The standard InChI is InChI=1S/C16H15N3O5/c1-8(20)14-12(4-5-13(21)22)19(16(24)15(14)23)9-2-3-10-11(6-9)18-7-17-10/h2-3,6-7,12,14H,4-5H2,1H3,(H,17,18)(H,21,22). The number of nitrogens with one attached hydrogen (secondary N) is 1. The molecule has 8 heteroatoms. The van der Waals surface area contributed by atoms with E-state index in [1.54, 1.807) is 18.2 Å². The summed E-state index contributed by atoms with van der Waals surface area (Å²) in [7, 11) is 0. The third kappa shape index (κ3) is 2.55. The molecule has 2 atom stereocenters. The number of fused-ring (bicyclic) bond motifs is 1. The van der Waals surface area contributed by atoms with Crippen LogP contribution in [0, 0.1) is 5.92 Å². The van der Waals surface area contributed by atoms with Crippen LogP contribution < -0.4 is 4.90 Å². The first-order valence-electron chi connectivity index (χ1n) is 7.43. The Hall–Kier alpha value is -3.03. The van der Waals surface area contributed by atoms with Crippen LogP contribution in [0.25, 0.3) is 11.0 Å². The number of rotatable bonds is 5. The van der Waals surface area contributed by atoms with Gasteiger partial charge >= 0.3 is 5.97 Å². The molecule has 1 aliphatic heterocycles. The summed E-state index contributed by atoms with van der Waals surface area (Å²) >= 11 is 0. The van der Waals surface area contributed by atoms with Gasteiger partial charge in [0, 0.05) is 12.1 Å². The summed E-state index contributed by atoms with van der Waals surface area (Å²) < 4.78 is 0. The third-order valence-electron chi connectivity index (χ3n) is 4.20. The van der Waals surface area contributed by atoms with Crippen molar-refractivity contribution in [3.05, 3.63) is 24.5 Å². The van der Waals surface area contributed by atoms with Crippen molar-refractivity contribution in [1.82, 2.24) is 9.97 Å². The molecule has 0 aliphatic carbocycles. The molecule has 2 unspecified atom stereocenters. The van der Waals surface area contributed by atoms with Crippen LogP contribution in [0.2, 0.25) is 0 Å². The molecule has 8 nitrogen and oxygen atoms in total. The number of imidazole rings is 1. The van der Waals surface area contributed by atoms with Gasteiger partial charge in [-0.3, -0.25) is 19.2 Å². The lowest BCUT2D eigenvalue weighted by molar-refractivity contribution is -0.139. The zero-order valence-corrected chi connectivity index (χ0v) is 12.9. The van der Waals surface area contributed by atoms with E-state index in [-0.39, 0.29) is 12.8 Å². The van der Waals surface area contributed by atoms with E-state index in [0.29, 0.717) is 16.7 Å². The Bertz CT molecular complexity index is 856. The van der Waals surface area contributed by atoms with E-state index < -0.39 is 35.4 Å². The maximum atomic E-state index is 12.4. The van der Waals surface area contributed by atoms with E-state index in [4.69, 9.17) is 5.11 Å². The second-order valence-corrected chi connectivity index (χ2v) is 5.73. The first-order chi connectivity index (χ1) is 11.4. The molecule has 0 saturated carbocycles. The highest BCUT2D eigenvalue weighted by atomic mass is 16.4. The second-order valence-electron chi connectivity index (χ2n) is 5.73. The Morgan fingerprint density at radius 1 is 1.33 bits per heavy atom. The number of hydrogen-bond donors (Lipinski definition) is 2. The van der Waals surface area contributed by atoms with Crippen LogP contribution in [0.15, 0.2) is 24.5 Å². The molecule has 0 radical (unpaired) electrons. The van der Waals surface area contributed by atoms with E-state index in [0.717, 1.165) is 0 Å². The van der Waals surface area contributed by atoms with Crippen molar-refractivity contribution in [2.24, 2.45) is 5.92 Å². The summed E-state index contributed by atoms with van der Waals surface area (Å²) in [6, 6.07) is 4.18. The average molecular weight is 329 g/mol. The van der Waals surface area contributed by atoms with Gasteiger partial charge in [-0.05, 0) is 31.5 Å². The molecule has 0 bridgehead atoms. The quantitative estimate of drug-likeness (QED) is 0.621. The minimum Gasteiger partial charge on any atom is -0.481 e. The van der Waals surface area contributed by atoms with Crippen molar-refractivity contribution in [1.29, 1.82) is 0 Å². The fourth-order valence-corrected chi connectivity index (χ4v) is 3.13. The van der Waals surface area contributed by atoms with E-state index in [9.17, 15) is 19.2 Å². The van der Waals surface area contributed by atoms with Crippen molar-refractivity contribution in [2.75, 3.05) is 4.90 Å². The van der Waals surface area contributed by atoms with Gasteiger partial charge in [0.05, 0.1) is 23.4 Å². The number of aromatic amines is 1. The van der Waals surface area contributed by atoms with E-state index in [1.165, 1.54) is 18.2 Å². The Morgan fingerprint density at radius 3 is 2.75 bits per heavy atom. The number of hydrogen-bond acceptors (Lipinski definition) is 5. The number of H-pyrrole nitrogens is 1. The monoisotopic (exact) mass is 329 g/mol. The third-order valence-corrected chi connectivity index (χ3v) is 4.20. The number of carboxylic acid groups (broad SMARTS) is 1. The van der Waals surface area contributed by atoms with Crippen LogP contribution in [0.5, 0.6) is 0 Å². The summed E-state index contributed by atoms with van der Waals surface area (Å²) in [4.78, 5) is 55.6. The number of carboxylic acids is 1. The molecule has 124 valence electrons. The number of ketones is 2. The Morgan fingerprint density at radius 2 is 2.08 bits per heavy atom. The van der Waals surface area contributed by atoms with E-state index in [1.807, 2.05) is 0 Å². The minimum atomic E-state index is -1.13. The molecule has 0 spiro atoms. The molecule has 2 N–H and O–H groups in total. The number of amides is 1. The zero-order valence-electron chi connectivity index (χ0n) is 12.9. The van der Waals surface area contributed by atoms with Gasteiger partial charge in [0.1, 0.15) is 11.7 Å². The lowest BCUT2D eigenvalue weighted by atomic mass is 9.92. The molecule has 1 fully saturated rings. The van der Waals surface area contributed by atoms with Crippen molar-refractivity contribution >= 4 is 40.2 Å².